The van der Waals surface area contributed by atoms with Crippen LogP contribution in [0.4, 0.5) is 5.69 Å². The van der Waals surface area contributed by atoms with E-state index < -0.39 is 10.9 Å². The van der Waals surface area contributed by atoms with E-state index >= 15 is 0 Å². The van der Waals surface area contributed by atoms with Crippen LogP contribution in [0.1, 0.15) is 5.56 Å². The number of aromatic nitrogens is 1. The van der Waals surface area contributed by atoms with Crippen molar-refractivity contribution in [2.45, 2.75) is 0 Å². The Balaban J connectivity index is 2.73. The van der Waals surface area contributed by atoms with Crippen LogP contribution in [0.2, 0.25) is 0 Å². The predicted molar refractivity (Wildman–Crippen MR) is 76.0 cm³/mol. The summed E-state index contributed by atoms with van der Waals surface area (Å²) < 4.78 is 9.67. The largest absolute Gasteiger partial charge is 0.494 e. The highest BCUT2D eigenvalue weighted by atomic mass is 16.6. The Morgan fingerprint density at radius 3 is 2.71 bits per heavy atom. The molecule has 0 saturated heterocycles. The average Bonchev–Trinajstić information content (AvgIpc) is 2.50. The molecule has 108 valence electrons. The van der Waals surface area contributed by atoms with Crippen molar-refractivity contribution in [2.24, 2.45) is 0 Å². The maximum atomic E-state index is 11.2. The van der Waals surface area contributed by atoms with Gasteiger partial charge in [0.25, 0.3) is 5.69 Å². The van der Waals surface area contributed by atoms with Crippen molar-refractivity contribution in [3.05, 3.63) is 46.1 Å². The summed E-state index contributed by atoms with van der Waals surface area (Å²) in [6, 6.07) is 4.41. The van der Waals surface area contributed by atoms with Gasteiger partial charge in [0.15, 0.2) is 0 Å². The summed E-state index contributed by atoms with van der Waals surface area (Å²) in [6.07, 6.45) is 4.13. The molecule has 7 nitrogen and oxygen atoms in total. The number of pyridine rings is 1. The number of hydrogen-bond donors (Lipinski definition) is 0. The van der Waals surface area contributed by atoms with Gasteiger partial charge in [-0.3, -0.25) is 15.1 Å². The number of nitro groups is 1. The number of nitro benzene ring substituents is 1. The number of carbonyl (C=O) groups is 1. The van der Waals surface area contributed by atoms with Crippen molar-refractivity contribution in [1.29, 1.82) is 0 Å². The molecule has 0 unspecified atom stereocenters. The molecule has 0 bridgehead atoms. The van der Waals surface area contributed by atoms with Gasteiger partial charge in [-0.15, -0.1) is 0 Å². The second-order valence-corrected chi connectivity index (χ2v) is 4.02. The van der Waals surface area contributed by atoms with Crippen LogP contribution in [-0.4, -0.2) is 30.1 Å². The Morgan fingerprint density at radius 1 is 1.33 bits per heavy atom. The van der Waals surface area contributed by atoms with E-state index in [4.69, 9.17) is 4.74 Å². The second-order valence-electron chi connectivity index (χ2n) is 4.02. The van der Waals surface area contributed by atoms with Gasteiger partial charge in [0.2, 0.25) is 0 Å². The maximum Gasteiger partial charge on any atom is 0.330 e. The zero-order chi connectivity index (χ0) is 15.4. The third-order valence-electron chi connectivity index (χ3n) is 2.88. The molecule has 2 aromatic rings. The molecule has 0 fully saturated rings. The van der Waals surface area contributed by atoms with E-state index in [9.17, 15) is 14.9 Å². The number of rotatable bonds is 4. The minimum Gasteiger partial charge on any atom is -0.494 e. The first-order chi connectivity index (χ1) is 10.1. The standard InChI is InChI=1S/C14H12N2O5/c1-20-11-5-4-10(16(18)19)13-9(3-6-12(17)21-2)7-8-15-14(11)13/h3-8H,1-2H3. The van der Waals surface area contributed by atoms with Crippen molar-refractivity contribution in [3.8, 4) is 5.75 Å². The first-order valence-corrected chi connectivity index (χ1v) is 5.94. The van der Waals surface area contributed by atoms with E-state index in [1.54, 1.807) is 6.07 Å². The van der Waals surface area contributed by atoms with Crippen molar-refractivity contribution >= 4 is 28.6 Å². The van der Waals surface area contributed by atoms with Crippen molar-refractivity contribution in [3.63, 3.8) is 0 Å². The molecular weight excluding hydrogens is 276 g/mol. The fourth-order valence-corrected chi connectivity index (χ4v) is 1.93. The third kappa shape index (κ3) is 2.81. The van der Waals surface area contributed by atoms with Crippen LogP contribution in [-0.2, 0) is 9.53 Å². The lowest BCUT2D eigenvalue weighted by Crippen LogP contribution is -1.96. The minimum atomic E-state index is -0.550. The number of esters is 1. The lowest BCUT2D eigenvalue weighted by atomic mass is 10.1. The second kappa shape index (κ2) is 6.00. The molecule has 0 N–H and O–H groups in total. The van der Waals surface area contributed by atoms with E-state index in [-0.39, 0.29) is 5.69 Å². The molecule has 1 heterocycles. The van der Waals surface area contributed by atoms with E-state index in [1.165, 1.54) is 44.7 Å². The minimum absolute atomic E-state index is 0.108. The van der Waals surface area contributed by atoms with Crippen molar-refractivity contribution < 1.29 is 19.2 Å². The average molecular weight is 288 g/mol. The molecule has 2 rings (SSSR count). The third-order valence-corrected chi connectivity index (χ3v) is 2.88. The van der Waals surface area contributed by atoms with Crippen molar-refractivity contribution in [2.75, 3.05) is 14.2 Å². The highest BCUT2D eigenvalue weighted by Crippen LogP contribution is 2.34. The quantitative estimate of drug-likeness (QED) is 0.371. The molecule has 0 radical (unpaired) electrons. The van der Waals surface area contributed by atoms with Crippen LogP contribution in [0, 0.1) is 10.1 Å². The van der Waals surface area contributed by atoms with Gasteiger partial charge >= 0.3 is 5.97 Å². The summed E-state index contributed by atoms with van der Waals surface area (Å²) in [4.78, 5) is 26.0. The fourth-order valence-electron chi connectivity index (χ4n) is 1.93. The Kier molecular flexibility index (Phi) is 4.13. The zero-order valence-electron chi connectivity index (χ0n) is 11.4. The normalized spacial score (nSPS) is 10.8. The molecule has 0 amide bonds. The number of hydrogen-bond acceptors (Lipinski definition) is 6. The summed E-state index contributed by atoms with van der Waals surface area (Å²) >= 11 is 0. The number of benzene rings is 1. The number of methoxy groups -OCH3 is 2. The van der Waals surface area contributed by atoms with Gasteiger partial charge < -0.3 is 9.47 Å². The lowest BCUT2D eigenvalue weighted by molar-refractivity contribution is -0.383. The van der Waals surface area contributed by atoms with Crippen LogP contribution < -0.4 is 4.74 Å². The van der Waals surface area contributed by atoms with Gasteiger partial charge in [-0.2, -0.15) is 0 Å². The molecule has 0 atom stereocenters. The molecule has 0 aliphatic heterocycles. The van der Waals surface area contributed by atoms with Crippen LogP contribution in [0.5, 0.6) is 5.75 Å². The monoisotopic (exact) mass is 288 g/mol. The van der Waals surface area contributed by atoms with E-state index in [1.807, 2.05) is 0 Å². The van der Waals surface area contributed by atoms with Gasteiger partial charge in [0, 0.05) is 18.3 Å². The number of ether oxygens (including phenoxy) is 2. The molecule has 7 heteroatoms. The molecule has 21 heavy (non-hydrogen) atoms. The molecule has 0 spiro atoms. The van der Waals surface area contributed by atoms with Gasteiger partial charge in [0.1, 0.15) is 11.3 Å². The highest BCUT2D eigenvalue weighted by Gasteiger charge is 2.18. The Labute approximate surface area is 120 Å². The SMILES string of the molecule is COC(=O)C=Cc1ccnc2c(OC)ccc([N+](=O)[O-])c12. The predicted octanol–water partition coefficient (Wildman–Crippen LogP) is 2.34. The van der Waals surface area contributed by atoms with Crippen LogP contribution in [0.15, 0.2) is 30.5 Å². The molecule has 0 aliphatic rings. The van der Waals surface area contributed by atoms with E-state index in [2.05, 4.69) is 9.72 Å². The van der Waals surface area contributed by atoms with E-state index in [0.29, 0.717) is 22.2 Å². The van der Waals surface area contributed by atoms with E-state index in [0.717, 1.165) is 0 Å². The molecule has 1 aromatic carbocycles. The Morgan fingerprint density at radius 2 is 2.10 bits per heavy atom. The highest BCUT2D eigenvalue weighted by molar-refractivity contribution is 6.00. The summed E-state index contributed by atoms with van der Waals surface area (Å²) in [5.41, 5.74) is 0.734. The number of fused-ring (bicyclic) bond motifs is 1. The summed E-state index contributed by atoms with van der Waals surface area (Å²) in [6.45, 7) is 0. The first-order valence-electron chi connectivity index (χ1n) is 5.94. The van der Waals surface area contributed by atoms with Gasteiger partial charge in [-0.1, -0.05) is 0 Å². The topological polar surface area (TPSA) is 91.6 Å². The Bertz CT molecular complexity index is 739. The van der Waals surface area contributed by atoms with Crippen LogP contribution in [0.3, 0.4) is 0 Å². The van der Waals surface area contributed by atoms with Crippen molar-refractivity contribution in [1.82, 2.24) is 4.98 Å². The lowest BCUT2D eigenvalue weighted by Gasteiger charge is -2.07. The molecule has 1 aromatic heterocycles. The molecular formula is C14H12N2O5. The van der Waals surface area contributed by atoms with Crippen LogP contribution >= 0.6 is 0 Å². The summed E-state index contributed by atoms with van der Waals surface area (Å²) in [7, 11) is 2.71. The van der Waals surface area contributed by atoms with Gasteiger partial charge in [-0.25, -0.2) is 4.79 Å². The molecule has 0 aliphatic carbocycles. The smallest absolute Gasteiger partial charge is 0.330 e. The van der Waals surface area contributed by atoms with Crippen LogP contribution in [0.25, 0.3) is 17.0 Å². The number of nitrogens with zero attached hydrogens (tertiary/aromatic N) is 2. The Hall–Kier alpha value is -2.96. The number of non-ortho nitro benzene ring substituents is 1. The number of carbonyl (C=O) groups excluding carboxylic acids is 1. The van der Waals surface area contributed by atoms with Gasteiger partial charge in [-0.05, 0) is 23.8 Å². The summed E-state index contributed by atoms with van der Waals surface area (Å²) in [5.74, 6) is -0.130. The molecule has 0 saturated carbocycles. The maximum absolute atomic E-state index is 11.2. The summed E-state index contributed by atoms with van der Waals surface area (Å²) in [5, 5.41) is 11.5. The zero-order valence-corrected chi connectivity index (χ0v) is 11.4. The first kappa shape index (κ1) is 14.4. The van der Waals surface area contributed by atoms with Gasteiger partial charge in [0.05, 0.1) is 24.5 Å². The fraction of sp³-hybridized carbons (Fsp3) is 0.143.